The third-order valence-corrected chi connectivity index (χ3v) is 3.28. The number of aromatic nitrogens is 3. The van der Waals surface area contributed by atoms with Gasteiger partial charge in [0, 0.05) is 13.6 Å². The molecule has 0 aliphatic carbocycles. The summed E-state index contributed by atoms with van der Waals surface area (Å²) in [7, 11) is 1.68. The third-order valence-electron chi connectivity index (χ3n) is 2.54. The number of amides is 1. The summed E-state index contributed by atoms with van der Waals surface area (Å²) in [5.74, 6) is 0.502. The van der Waals surface area contributed by atoms with Crippen LogP contribution in [0, 0.1) is 6.92 Å². The van der Waals surface area contributed by atoms with E-state index < -0.39 is 0 Å². The second kappa shape index (κ2) is 5.59. The van der Waals surface area contributed by atoms with Crippen LogP contribution in [0.25, 0.3) is 0 Å². The van der Waals surface area contributed by atoms with Crippen molar-refractivity contribution in [1.82, 2.24) is 20.1 Å². The van der Waals surface area contributed by atoms with E-state index in [-0.39, 0.29) is 11.7 Å². The summed E-state index contributed by atoms with van der Waals surface area (Å²) in [6.45, 7) is 2.14. The summed E-state index contributed by atoms with van der Waals surface area (Å²) in [4.78, 5) is 17.6. The van der Waals surface area contributed by atoms with Gasteiger partial charge in [0.05, 0.1) is 10.0 Å². The normalized spacial score (nSPS) is 10.5. The second-order valence-electron chi connectivity index (χ2n) is 4.15. The Morgan fingerprint density at radius 1 is 1.37 bits per heavy atom. The van der Waals surface area contributed by atoms with Gasteiger partial charge in [-0.3, -0.25) is 9.89 Å². The molecule has 2 rings (SSSR count). The molecule has 19 heavy (non-hydrogen) atoms. The maximum atomic E-state index is 12.0. The zero-order valence-electron chi connectivity index (χ0n) is 10.4. The number of hydrogen-bond donors (Lipinski definition) is 1. The van der Waals surface area contributed by atoms with Crippen molar-refractivity contribution in [3.8, 4) is 0 Å². The van der Waals surface area contributed by atoms with Gasteiger partial charge >= 0.3 is 0 Å². The minimum atomic E-state index is -0.254. The fraction of sp³-hybridized carbons (Fsp3) is 0.250. The number of aromatic amines is 1. The molecule has 1 amide bonds. The predicted octanol–water partition coefficient (Wildman–Crippen LogP) is 2.69. The molecule has 1 N–H and O–H groups in total. The van der Waals surface area contributed by atoms with Crippen LogP contribution < -0.4 is 0 Å². The van der Waals surface area contributed by atoms with Crippen molar-refractivity contribution in [3.63, 3.8) is 0 Å². The summed E-state index contributed by atoms with van der Waals surface area (Å²) >= 11 is 11.8. The van der Waals surface area contributed by atoms with Crippen LogP contribution in [0.4, 0.5) is 0 Å². The van der Waals surface area contributed by atoms with E-state index in [2.05, 4.69) is 15.2 Å². The molecule has 0 atom stereocenters. The van der Waals surface area contributed by atoms with E-state index in [1.807, 2.05) is 6.07 Å². The van der Waals surface area contributed by atoms with E-state index in [1.54, 1.807) is 26.1 Å². The highest BCUT2D eigenvalue weighted by atomic mass is 35.5. The van der Waals surface area contributed by atoms with Gasteiger partial charge in [0.1, 0.15) is 5.82 Å². The smallest absolute Gasteiger partial charge is 0.293 e. The Bertz CT molecular complexity index is 612. The maximum absolute atomic E-state index is 12.0. The molecule has 0 fully saturated rings. The Morgan fingerprint density at radius 2 is 2.11 bits per heavy atom. The summed E-state index contributed by atoms with van der Waals surface area (Å²) in [6, 6.07) is 5.26. The number of rotatable bonds is 3. The number of nitrogens with one attached hydrogen (secondary N) is 1. The van der Waals surface area contributed by atoms with Crippen LogP contribution in [0.15, 0.2) is 18.2 Å². The van der Waals surface area contributed by atoms with Gasteiger partial charge in [0.2, 0.25) is 5.82 Å². The second-order valence-corrected chi connectivity index (χ2v) is 4.97. The van der Waals surface area contributed by atoms with Gasteiger partial charge in [-0.25, -0.2) is 4.98 Å². The SMILES string of the molecule is Cc1nc(C(=O)N(C)Cc2ccc(Cl)c(Cl)c2)n[nH]1. The Morgan fingerprint density at radius 3 is 2.68 bits per heavy atom. The molecule has 0 aliphatic heterocycles. The quantitative estimate of drug-likeness (QED) is 0.948. The first-order chi connectivity index (χ1) is 8.97. The van der Waals surface area contributed by atoms with E-state index >= 15 is 0 Å². The molecule has 1 heterocycles. The fourth-order valence-electron chi connectivity index (χ4n) is 1.59. The lowest BCUT2D eigenvalue weighted by Crippen LogP contribution is -2.27. The highest BCUT2D eigenvalue weighted by Crippen LogP contribution is 2.23. The maximum Gasteiger partial charge on any atom is 0.293 e. The molecule has 2 aromatic rings. The van der Waals surface area contributed by atoms with Crippen molar-refractivity contribution >= 4 is 29.1 Å². The predicted molar refractivity (Wildman–Crippen MR) is 73.4 cm³/mol. The molecule has 100 valence electrons. The summed E-state index contributed by atoms with van der Waals surface area (Å²) in [6.07, 6.45) is 0. The first-order valence-corrected chi connectivity index (χ1v) is 6.31. The van der Waals surface area contributed by atoms with Crippen LogP contribution in [0.5, 0.6) is 0 Å². The fourth-order valence-corrected chi connectivity index (χ4v) is 1.91. The molecule has 0 spiro atoms. The Hall–Kier alpha value is -1.59. The van der Waals surface area contributed by atoms with E-state index in [1.165, 1.54) is 4.90 Å². The molecule has 1 aromatic heterocycles. The molecular formula is C12H12Cl2N4O. The number of carbonyl (C=O) groups is 1. The van der Waals surface area contributed by atoms with Crippen LogP contribution in [0.3, 0.4) is 0 Å². The molecule has 0 radical (unpaired) electrons. The highest BCUT2D eigenvalue weighted by Gasteiger charge is 2.16. The van der Waals surface area contributed by atoms with Crippen LogP contribution in [0.2, 0.25) is 10.0 Å². The minimum Gasteiger partial charge on any atom is -0.335 e. The van der Waals surface area contributed by atoms with Crippen LogP contribution in [0.1, 0.15) is 22.0 Å². The van der Waals surface area contributed by atoms with Crippen molar-refractivity contribution < 1.29 is 4.79 Å². The van der Waals surface area contributed by atoms with Gasteiger partial charge in [0.25, 0.3) is 5.91 Å². The largest absolute Gasteiger partial charge is 0.335 e. The van der Waals surface area contributed by atoms with Crippen molar-refractivity contribution in [1.29, 1.82) is 0 Å². The minimum absolute atomic E-state index is 0.153. The summed E-state index contributed by atoms with van der Waals surface area (Å²) in [5.41, 5.74) is 0.887. The van der Waals surface area contributed by atoms with Crippen molar-refractivity contribution in [2.45, 2.75) is 13.5 Å². The molecule has 0 bridgehead atoms. The van der Waals surface area contributed by atoms with Gasteiger partial charge in [0.15, 0.2) is 0 Å². The Balaban J connectivity index is 2.10. The third kappa shape index (κ3) is 3.24. The number of hydrogen-bond acceptors (Lipinski definition) is 3. The summed E-state index contributed by atoms with van der Waals surface area (Å²) < 4.78 is 0. The summed E-state index contributed by atoms with van der Waals surface area (Å²) in [5, 5.41) is 7.43. The van der Waals surface area contributed by atoms with Crippen molar-refractivity contribution in [2.75, 3.05) is 7.05 Å². The van der Waals surface area contributed by atoms with Crippen LogP contribution in [-0.4, -0.2) is 33.0 Å². The molecule has 1 aromatic carbocycles. The number of aryl methyl sites for hydroxylation is 1. The van der Waals surface area contributed by atoms with Crippen LogP contribution in [-0.2, 0) is 6.54 Å². The van der Waals surface area contributed by atoms with Gasteiger partial charge in [-0.05, 0) is 24.6 Å². The number of benzene rings is 1. The first-order valence-electron chi connectivity index (χ1n) is 5.56. The monoisotopic (exact) mass is 298 g/mol. The standard InChI is InChI=1S/C12H12Cl2N4O/c1-7-15-11(17-16-7)12(19)18(2)6-8-3-4-9(13)10(14)5-8/h3-5H,6H2,1-2H3,(H,15,16,17). The topological polar surface area (TPSA) is 61.9 Å². The number of H-pyrrole nitrogens is 1. The molecule has 0 saturated carbocycles. The van der Waals surface area contributed by atoms with E-state index in [9.17, 15) is 4.79 Å². The van der Waals surface area contributed by atoms with Crippen LogP contribution >= 0.6 is 23.2 Å². The lowest BCUT2D eigenvalue weighted by Gasteiger charge is -2.15. The molecule has 0 aliphatic rings. The average molecular weight is 299 g/mol. The number of carbonyl (C=O) groups excluding carboxylic acids is 1. The molecule has 5 nitrogen and oxygen atoms in total. The van der Waals surface area contributed by atoms with Gasteiger partial charge in [-0.1, -0.05) is 29.3 Å². The average Bonchev–Trinajstić information content (AvgIpc) is 2.79. The number of halogens is 2. The first kappa shape index (κ1) is 13.8. The molecular weight excluding hydrogens is 287 g/mol. The van der Waals surface area contributed by atoms with E-state index in [0.717, 1.165) is 5.56 Å². The van der Waals surface area contributed by atoms with Gasteiger partial charge in [-0.15, -0.1) is 5.10 Å². The highest BCUT2D eigenvalue weighted by molar-refractivity contribution is 6.42. The van der Waals surface area contributed by atoms with Gasteiger partial charge < -0.3 is 4.90 Å². The van der Waals surface area contributed by atoms with E-state index in [0.29, 0.717) is 22.4 Å². The van der Waals surface area contributed by atoms with Crippen molar-refractivity contribution in [3.05, 3.63) is 45.5 Å². The van der Waals surface area contributed by atoms with Gasteiger partial charge in [-0.2, -0.15) is 0 Å². The Kier molecular flexibility index (Phi) is 4.07. The molecule has 0 saturated heterocycles. The zero-order valence-corrected chi connectivity index (χ0v) is 12.0. The lowest BCUT2D eigenvalue weighted by molar-refractivity contribution is 0.0773. The zero-order chi connectivity index (χ0) is 14.0. The Labute approximate surface area is 120 Å². The number of nitrogens with zero attached hydrogens (tertiary/aromatic N) is 3. The lowest BCUT2D eigenvalue weighted by atomic mass is 10.2. The van der Waals surface area contributed by atoms with Crippen molar-refractivity contribution in [2.24, 2.45) is 0 Å². The molecule has 0 unspecified atom stereocenters. The van der Waals surface area contributed by atoms with E-state index in [4.69, 9.17) is 23.2 Å². The molecule has 7 heteroatoms.